The van der Waals surface area contributed by atoms with Crippen molar-refractivity contribution in [3.05, 3.63) is 16.7 Å². The van der Waals surface area contributed by atoms with Gasteiger partial charge in [0, 0.05) is 12.5 Å². The van der Waals surface area contributed by atoms with Crippen LogP contribution in [-0.4, -0.2) is 9.55 Å². The Morgan fingerprint density at radius 2 is 1.94 bits per heavy atom. The molecule has 1 atom stereocenters. The average Bonchev–Trinajstić information content (AvgIpc) is 2.86. The van der Waals surface area contributed by atoms with Gasteiger partial charge in [0.2, 0.25) is 0 Å². The maximum atomic E-state index is 6.30. The molecule has 0 amide bonds. The first kappa shape index (κ1) is 10.6. The van der Waals surface area contributed by atoms with Crippen LogP contribution >= 0.6 is 11.6 Å². The van der Waals surface area contributed by atoms with Crippen LogP contribution in [0.3, 0.4) is 0 Å². The number of imidazole rings is 1. The molecule has 0 saturated heterocycles. The molecule has 88 valence electrons. The van der Waals surface area contributed by atoms with E-state index in [1.165, 1.54) is 50.0 Å². The molecule has 0 spiro atoms. The van der Waals surface area contributed by atoms with Crippen molar-refractivity contribution in [3.63, 3.8) is 0 Å². The number of aromatic nitrogens is 2. The zero-order valence-electron chi connectivity index (χ0n) is 9.88. The van der Waals surface area contributed by atoms with Crippen LogP contribution in [0.5, 0.6) is 0 Å². The van der Waals surface area contributed by atoms with E-state index in [0.29, 0.717) is 11.8 Å². The second kappa shape index (κ2) is 4.06. The standard InChI is InChI=1S/C13H19ClN2/c1-9-5-4-8-16-11(9)12(14)15-13(16)10-6-2-3-7-10/h9-10H,2-8H2,1H3. The summed E-state index contributed by atoms with van der Waals surface area (Å²) in [6.07, 6.45) is 7.87. The molecule has 3 heteroatoms. The Hall–Kier alpha value is -0.500. The summed E-state index contributed by atoms with van der Waals surface area (Å²) >= 11 is 6.30. The highest BCUT2D eigenvalue weighted by atomic mass is 35.5. The predicted molar refractivity (Wildman–Crippen MR) is 66.1 cm³/mol. The molecule has 2 nitrogen and oxygen atoms in total. The van der Waals surface area contributed by atoms with Gasteiger partial charge in [-0.15, -0.1) is 0 Å². The molecule has 1 aromatic rings. The second-order valence-electron chi connectivity index (χ2n) is 5.32. The van der Waals surface area contributed by atoms with Crippen LogP contribution in [0.2, 0.25) is 5.15 Å². The van der Waals surface area contributed by atoms with Gasteiger partial charge in [0.05, 0.1) is 5.69 Å². The topological polar surface area (TPSA) is 17.8 Å². The summed E-state index contributed by atoms with van der Waals surface area (Å²) < 4.78 is 2.42. The van der Waals surface area contributed by atoms with Crippen molar-refractivity contribution in [3.8, 4) is 0 Å². The Kier molecular flexibility index (Phi) is 2.70. The van der Waals surface area contributed by atoms with Crippen molar-refractivity contribution in [1.82, 2.24) is 9.55 Å². The first-order valence-corrected chi connectivity index (χ1v) is 6.91. The van der Waals surface area contributed by atoms with Crippen molar-refractivity contribution < 1.29 is 0 Å². The van der Waals surface area contributed by atoms with Crippen LogP contribution in [0.1, 0.15) is 68.8 Å². The van der Waals surface area contributed by atoms with Crippen LogP contribution < -0.4 is 0 Å². The van der Waals surface area contributed by atoms with Crippen molar-refractivity contribution >= 4 is 11.6 Å². The van der Waals surface area contributed by atoms with Crippen molar-refractivity contribution in [1.29, 1.82) is 0 Å². The zero-order valence-corrected chi connectivity index (χ0v) is 10.6. The summed E-state index contributed by atoms with van der Waals surface area (Å²) in [5, 5.41) is 0.772. The molecule has 1 fully saturated rings. The lowest BCUT2D eigenvalue weighted by Gasteiger charge is -2.23. The third-order valence-electron chi connectivity index (χ3n) is 4.20. The van der Waals surface area contributed by atoms with E-state index in [9.17, 15) is 0 Å². The smallest absolute Gasteiger partial charge is 0.150 e. The summed E-state index contributed by atoms with van der Waals surface area (Å²) in [6, 6.07) is 0. The van der Waals surface area contributed by atoms with Crippen LogP contribution in [0.4, 0.5) is 0 Å². The quantitative estimate of drug-likeness (QED) is 0.721. The molecule has 1 aliphatic carbocycles. The molecule has 0 radical (unpaired) electrons. The van der Waals surface area contributed by atoms with E-state index in [2.05, 4.69) is 16.5 Å². The van der Waals surface area contributed by atoms with Gasteiger partial charge in [0.25, 0.3) is 0 Å². The lowest BCUT2D eigenvalue weighted by atomic mass is 9.98. The summed E-state index contributed by atoms with van der Waals surface area (Å²) in [5.74, 6) is 2.55. The summed E-state index contributed by atoms with van der Waals surface area (Å²) in [5.41, 5.74) is 1.30. The molecule has 0 bridgehead atoms. The van der Waals surface area contributed by atoms with Crippen molar-refractivity contribution in [2.45, 2.75) is 63.8 Å². The van der Waals surface area contributed by atoms with Gasteiger partial charge in [-0.3, -0.25) is 0 Å². The Morgan fingerprint density at radius 1 is 1.19 bits per heavy atom. The minimum Gasteiger partial charge on any atom is -0.330 e. The number of fused-ring (bicyclic) bond motifs is 1. The number of rotatable bonds is 1. The van der Waals surface area contributed by atoms with E-state index < -0.39 is 0 Å². The minimum absolute atomic E-state index is 0.587. The minimum atomic E-state index is 0.587. The van der Waals surface area contributed by atoms with E-state index in [1.807, 2.05) is 0 Å². The van der Waals surface area contributed by atoms with Gasteiger partial charge >= 0.3 is 0 Å². The van der Waals surface area contributed by atoms with Crippen molar-refractivity contribution in [2.75, 3.05) is 0 Å². The van der Waals surface area contributed by atoms with Gasteiger partial charge in [-0.25, -0.2) is 4.98 Å². The summed E-state index contributed by atoms with van der Waals surface area (Å²) in [6.45, 7) is 3.40. The van der Waals surface area contributed by atoms with Gasteiger partial charge in [-0.2, -0.15) is 0 Å². The van der Waals surface area contributed by atoms with E-state index in [4.69, 9.17) is 11.6 Å². The van der Waals surface area contributed by atoms with Gasteiger partial charge in [-0.1, -0.05) is 31.4 Å². The van der Waals surface area contributed by atoms with E-state index in [0.717, 1.165) is 11.7 Å². The maximum Gasteiger partial charge on any atom is 0.150 e. The predicted octanol–water partition coefficient (Wildman–Crippen LogP) is 4.09. The van der Waals surface area contributed by atoms with Gasteiger partial charge in [0.15, 0.2) is 5.15 Å². The fourth-order valence-electron chi connectivity index (χ4n) is 3.35. The van der Waals surface area contributed by atoms with E-state index in [-0.39, 0.29) is 0 Å². The fraction of sp³-hybridized carbons (Fsp3) is 0.769. The highest BCUT2D eigenvalue weighted by Crippen LogP contribution is 2.39. The third-order valence-corrected chi connectivity index (χ3v) is 4.48. The number of halogens is 1. The fourth-order valence-corrected chi connectivity index (χ4v) is 3.72. The molecule has 1 aliphatic heterocycles. The Balaban J connectivity index is 2.02. The highest BCUT2D eigenvalue weighted by molar-refractivity contribution is 6.30. The van der Waals surface area contributed by atoms with Gasteiger partial charge < -0.3 is 4.57 Å². The maximum absolute atomic E-state index is 6.30. The Bertz CT molecular complexity index is 391. The summed E-state index contributed by atoms with van der Waals surface area (Å²) in [7, 11) is 0. The normalized spacial score (nSPS) is 26.0. The van der Waals surface area contributed by atoms with E-state index in [1.54, 1.807) is 0 Å². The Morgan fingerprint density at radius 3 is 2.69 bits per heavy atom. The highest BCUT2D eigenvalue weighted by Gasteiger charge is 2.29. The van der Waals surface area contributed by atoms with Crippen LogP contribution in [0, 0.1) is 0 Å². The van der Waals surface area contributed by atoms with E-state index >= 15 is 0 Å². The zero-order chi connectivity index (χ0) is 11.1. The lowest BCUT2D eigenvalue weighted by Crippen LogP contribution is -2.16. The Labute approximate surface area is 102 Å². The largest absolute Gasteiger partial charge is 0.330 e. The van der Waals surface area contributed by atoms with Crippen LogP contribution in [0.25, 0.3) is 0 Å². The molecule has 1 saturated carbocycles. The molecule has 2 heterocycles. The monoisotopic (exact) mass is 238 g/mol. The number of nitrogens with zero attached hydrogens (tertiary/aromatic N) is 2. The second-order valence-corrected chi connectivity index (χ2v) is 5.68. The van der Waals surface area contributed by atoms with Crippen LogP contribution in [0.15, 0.2) is 0 Å². The first-order chi connectivity index (χ1) is 7.77. The molecule has 0 N–H and O–H groups in total. The molecule has 1 unspecified atom stereocenters. The third kappa shape index (κ3) is 1.58. The number of hydrogen-bond acceptors (Lipinski definition) is 1. The molecular formula is C13H19ClN2. The summed E-state index contributed by atoms with van der Waals surface area (Å²) in [4.78, 5) is 4.65. The van der Waals surface area contributed by atoms with Gasteiger partial charge in [0.1, 0.15) is 5.82 Å². The number of hydrogen-bond donors (Lipinski definition) is 0. The molecule has 1 aromatic heterocycles. The molecule has 0 aromatic carbocycles. The first-order valence-electron chi connectivity index (χ1n) is 6.53. The molecule has 16 heavy (non-hydrogen) atoms. The molecule has 2 aliphatic rings. The molecular weight excluding hydrogens is 220 g/mol. The van der Waals surface area contributed by atoms with Crippen LogP contribution in [-0.2, 0) is 6.54 Å². The van der Waals surface area contributed by atoms with Gasteiger partial charge in [-0.05, 0) is 31.6 Å². The van der Waals surface area contributed by atoms with Crippen molar-refractivity contribution in [2.24, 2.45) is 0 Å². The average molecular weight is 239 g/mol. The lowest BCUT2D eigenvalue weighted by molar-refractivity contribution is 0.450. The SMILES string of the molecule is CC1CCCn2c(C3CCCC3)nc(Cl)c21. The molecule has 3 rings (SSSR count).